The Morgan fingerprint density at radius 2 is 2.00 bits per heavy atom. The van der Waals surface area contributed by atoms with E-state index in [2.05, 4.69) is 19.2 Å². The van der Waals surface area contributed by atoms with Crippen molar-refractivity contribution in [1.82, 2.24) is 10.2 Å². The average Bonchev–Trinajstić information content (AvgIpc) is 2.17. The molecule has 1 saturated heterocycles. The Hall–Kier alpha value is -0.610. The van der Waals surface area contributed by atoms with E-state index in [4.69, 9.17) is 4.74 Å². The number of ether oxygens (including phenoxy) is 1. The molecule has 4 nitrogen and oxygen atoms in total. The third-order valence-electron chi connectivity index (χ3n) is 3.17. The number of carbonyl (C=O) groups is 1. The van der Waals surface area contributed by atoms with E-state index in [0.29, 0.717) is 6.42 Å². The van der Waals surface area contributed by atoms with Crippen molar-refractivity contribution < 1.29 is 9.53 Å². The van der Waals surface area contributed by atoms with E-state index in [1.54, 1.807) is 19.0 Å². The summed E-state index contributed by atoms with van der Waals surface area (Å²) in [5.74, 6) is 0.177. The van der Waals surface area contributed by atoms with E-state index in [1.807, 2.05) is 0 Å². The van der Waals surface area contributed by atoms with Gasteiger partial charge in [-0.2, -0.15) is 0 Å². The number of amides is 1. The van der Waals surface area contributed by atoms with Crippen molar-refractivity contribution in [3.8, 4) is 0 Å². The van der Waals surface area contributed by atoms with E-state index in [9.17, 15) is 4.79 Å². The molecule has 0 saturated carbocycles. The zero-order valence-corrected chi connectivity index (χ0v) is 10.9. The number of nitrogens with one attached hydrogen (secondary N) is 1. The first-order chi connectivity index (χ1) is 7.43. The molecule has 0 aliphatic carbocycles. The lowest BCUT2D eigenvalue weighted by Gasteiger charge is -2.37. The van der Waals surface area contributed by atoms with Crippen molar-refractivity contribution in [2.75, 3.05) is 27.3 Å². The summed E-state index contributed by atoms with van der Waals surface area (Å²) in [6.45, 7) is 5.92. The van der Waals surface area contributed by atoms with Crippen LogP contribution in [0.25, 0.3) is 0 Å². The van der Waals surface area contributed by atoms with Crippen LogP contribution in [-0.2, 0) is 9.53 Å². The van der Waals surface area contributed by atoms with Gasteiger partial charge in [-0.15, -0.1) is 0 Å². The standard InChI is InChI=1S/C12H24N2O2/c1-10(9-11(15)14(3)4)13-12(2)5-7-16-8-6-12/h10,13H,5-9H2,1-4H3. The summed E-state index contributed by atoms with van der Waals surface area (Å²) >= 11 is 0. The number of carbonyl (C=O) groups excluding carboxylic acids is 1. The summed E-state index contributed by atoms with van der Waals surface area (Å²) in [6.07, 6.45) is 2.60. The molecule has 4 heteroatoms. The Balaban J connectivity index is 2.37. The monoisotopic (exact) mass is 228 g/mol. The van der Waals surface area contributed by atoms with Crippen molar-refractivity contribution in [3.63, 3.8) is 0 Å². The molecule has 0 radical (unpaired) electrons. The molecule has 1 fully saturated rings. The van der Waals surface area contributed by atoms with Crippen LogP contribution in [0.3, 0.4) is 0 Å². The molecule has 16 heavy (non-hydrogen) atoms. The summed E-state index contributed by atoms with van der Waals surface area (Å²) in [5.41, 5.74) is 0.129. The van der Waals surface area contributed by atoms with E-state index in [1.165, 1.54) is 0 Å². The van der Waals surface area contributed by atoms with Gasteiger partial charge in [0.1, 0.15) is 0 Å². The van der Waals surface area contributed by atoms with Crippen LogP contribution in [0.15, 0.2) is 0 Å². The third kappa shape index (κ3) is 4.10. The van der Waals surface area contributed by atoms with E-state index >= 15 is 0 Å². The minimum Gasteiger partial charge on any atom is -0.381 e. The lowest BCUT2D eigenvalue weighted by Crippen LogP contribution is -2.51. The zero-order valence-electron chi connectivity index (χ0n) is 10.9. The van der Waals surface area contributed by atoms with Crippen LogP contribution in [-0.4, -0.2) is 49.7 Å². The first kappa shape index (κ1) is 13.5. The van der Waals surface area contributed by atoms with Crippen LogP contribution in [0, 0.1) is 0 Å². The highest BCUT2D eigenvalue weighted by atomic mass is 16.5. The zero-order chi connectivity index (χ0) is 12.2. The quantitative estimate of drug-likeness (QED) is 0.781. The molecular formula is C12H24N2O2. The third-order valence-corrected chi connectivity index (χ3v) is 3.17. The van der Waals surface area contributed by atoms with Crippen LogP contribution >= 0.6 is 0 Å². The van der Waals surface area contributed by atoms with Gasteiger partial charge in [-0.05, 0) is 26.7 Å². The molecular weight excluding hydrogens is 204 g/mol. The van der Waals surface area contributed by atoms with Crippen molar-refractivity contribution in [3.05, 3.63) is 0 Å². The van der Waals surface area contributed by atoms with Gasteiger partial charge in [0.15, 0.2) is 0 Å². The van der Waals surface area contributed by atoms with Gasteiger partial charge >= 0.3 is 0 Å². The smallest absolute Gasteiger partial charge is 0.223 e. The van der Waals surface area contributed by atoms with E-state index in [-0.39, 0.29) is 17.5 Å². The SMILES string of the molecule is CC(CC(=O)N(C)C)NC1(C)CCOCC1. The highest BCUT2D eigenvalue weighted by Gasteiger charge is 2.28. The summed E-state index contributed by atoms with van der Waals surface area (Å²) < 4.78 is 5.35. The Kier molecular flexibility index (Phi) is 4.74. The number of rotatable bonds is 4. The van der Waals surface area contributed by atoms with Crippen LogP contribution < -0.4 is 5.32 Å². The molecule has 1 rings (SSSR count). The molecule has 1 amide bonds. The maximum atomic E-state index is 11.6. The van der Waals surface area contributed by atoms with Gasteiger partial charge in [0.05, 0.1) is 0 Å². The van der Waals surface area contributed by atoms with Crippen LogP contribution in [0.2, 0.25) is 0 Å². The minimum absolute atomic E-state index is 0.129. The fourth-order valence-electron chi connectivity index (χ4n) is 2.06. The number of hydrogen-bond donors (Lipinski definition) is 1. The highest BCUT2D eigenvalue weighted by molar-refractivity contribution is 5.76. The highest BCUT2D eigenvalue weighted by Crippen LogP contribution is 2.20. The second-order valence-corrected chi connectivity index (χ2v) is 5.21. The Morgan fingerprint density at radius 1 is 1.44 bits per heavy atom. The first-order valence-corrected chi connectivity index (χ1v) is 5.98. The lowest BCUT2D eigenvalue weighted by molar-refractivity contribution is -0.129. The van der Waals surface area contributed by atoms with Gasteiger partial charge in [-0.3, -0.25) is 4.79 Å². The molecule has 0 spiro atoms. The molecule has 0 aromatic carbocycles. The second-order valence-electron chi connectivity index (χ2n) is 5.21. The minimum atomic E-state index is 0.129. The Labute approximate surface area is 98.3 Å². The van der Waals surface area contributed by atoms with Crippen LogP contribution in [0.4, 0.5) is 0 Å². The molecule has 0 aromatic heterocycles. The predicted octanol–water partition coefficient (Wildman–Crippen LogP) is 1.01. The van der Waals surface area contributed by atoms with Crippen molar-refractivity contribution in [2.24, 2.45) is 0 Å². The molecule has 1 heterocycles. The average molecular weight is 228 g/mol. The van der Waals surface area contributed by atoms with Crippen molar-refractivity contribution >= 4 is 5.91 Å². The van der Waals surface area contributed by atoms with Gasteiger partial charge < -0.3 is 15.0 Å². The number of nitrogens with zero attached hydrogens (tertiary/aromatic N) is 1. The van der Waals surface area contributed by atoms with Gasteiger partial charge in [0.2, 0.25) is 5.91 Å². The molecule has 94 valence electrons. The molecule has 1 unspecified atom stereocenters. The summed E-state index contributed by atoms with van der Waals surface area (Å²) in [4.78, 5) is 13.2. The lowest BCUT2D eigenvalue weighted by atomic mass is 9.91. The van der Waals surface area contributed by atoms with Crippen LogP contribution in [0.5, 0.6) is 0 Å². The van der Waals surface area contributed by atoms with Gasteiger partial charge in [-0.25, -0.2) is 0 Å². The summed E-state index contributed by atoms with van der Waals surface area (Å²) in [7, 11) is 3.59. The van der Waals surface area contributed by atoms with Gasteiger partial charge in [0.25, 0.3) is 0 Å². The molecule has 1 aliphatic heterocycles. The van der Waals surface area contributed by atoms with Crippen LogP contribution in [0.1, 0.15) is 33.1 Å². The summed E-state index contributed by atoms with van der Waals surface area (Å²) in [6, 6.07) is 0.220. The van der Waals surface area contributed by atoms with Crippen molar-refractivity contribution in [1.29, 1.82) is 0 Å². The van der Waals surface area contributed by atoms with E-state index in [0.717, 1.165) is 26.1 Å². The molecule has 0 bridgehead atoms. The Bertz CT molecular complexity index is 235. The summed E-state index contributed by atoms with van der Waals surface area (Å²) in [5, 5.41) is 3.55. The fraction of sp³-hybridized carbons (Fsp3) is 0.917. The number of hydrogen-bond acceptors (Lipinski definition) is 3. The topological polar surface area (TPSA) is 41.6 Å². The van der Waals surface area contributed by atoms with Crippen molar-refractivity contribution in [2.45, 2.75) is 44.7 Å². The molecule has 1 N–H and O–H groups in total. The maximum absolute atomic E-state index is 11.6. The Morgan fingerprint density at radius 3 is 2.50 bits per heavy atom. The molecule has 1 aliphatic rings. The van der Waals surface area contributed by atoms with Gasteiger partial charge in [-0.1, -0.05) is 0 Å². The maximum Gasteiger partial charge on any atom is 0.223 e. The van der Waals surface area contributed by atoms with Gasteiger partial charge in [0, 0.05) is 45.3 Å². The van der Waals surface area contributed by atoms with E-state index < -0.39 is 0 Å². The fourth-order valence-corrected chi connectivity index (χ4v) is 2.06. The normalized spacial score (nSPS) is 21.5. The molecule has 1 atom stereocenters. The second kappa shape index (κ2) is 5.64. The molecule has 0 aromatic rings. The first-order valence-electron chi connectivity index (χ1n) is 5.98. The predicted molar refractivity (Wildman–Crippen MR) is 64.4 cm³/mol. The largest absolute Gasteiger partial charge is 0.381 e.